The van der Waals surface area contributed by atoms with Crippen LogP contribution in [-0.4, -0.2) is 5.97 Å². The summed E-state index contributed by atoms with van der Waals surface area (Å²) in [5, 5.41) is 8.78. The Hall–Kier alpha value is -1.96. The first kappa shape index (κ1) is 22.2. The smallest absolute Gasteiger partial charge is 0.314 e. The summed E-state index contributed by atoms with van der Waals surface area (Å²) in [5.41, 5.74) is -0.651. The van der Waals surface area contributed by atoms with Crippen molar-refractivity contribution >= 4 is 5.97 Å². The standard InChI is InChI=1S/C26H33F2NO2/c1-2-3-4-16-5-9-21-17(11-16)6-7-18-12-19(8-10-22(18)21)26(30)31-20-13-24(27)23(15-29)25(28)14-20/h13-14,16-19,21-22H,2-12H2,1H3/t16?,17?,18-,19-,21?,22+/m1/s1. The van der Waals surface area contributed by atoms with E-state index in [-0.39, 0.29) is 11.7 Å². The molecule has 3 aliphatic rings. The molecule has 0 aromatic heterocycles. The summed E-state index contributed by atoms with van der Waals surface area (Å²) in [6, 6.07) is 3.33. The number of hydrogen-bond donors (Lipinski definition) is 0. The van der Waals surface area contributed by atoms with Gasteiger partial charge >= 0.3 is 5.97 Å². The highest BCUT2D eigenvalue weighted by Crippen LogP contribution is 2.54. The molecule has 0 aliphatic heterocycles. The molecule has 1 aromatic carbocycles. The number of nitrogens with zero attached hydrogens (tertiary/aromatic N) is 1. The van der Waals surface area contributed by atoms with Crippen molar-refractivity contribution in [2.45, 2.75) is 77.6 Å². The fraction of sp³-hybridized carbons (Fsp3) is 0.692. The van der Waals surface area contributed by atoms with Crippen molar-refractivity contribution in [1.29, 1.82) is 5.26 Å². The molecule has 168 valence electrons. The van der Waals surface area contributed by atoms with E-state index in [1.54, 1.807) is 0 Å². The van der Waals surface area contributed by atoms with E-state index >= 15 is 0 Å². The first-order valence-electron chi connectivity index (χ1n) is 12.1. The lowest BCUT2D eigenvalue weighted by Gasteiger charge is -2.50. The molecule has 0 N–H and O–H groups in total. The predicted molar refractivity (Wildman–Crippen MR) is 114 cm³/mol. The Labute approximate surface area is 184 Å². The number of carbonyl (C=O) groups excluding carboxylic acids is 1. The second-order valence-electron chi connectivity index (χ2n) is 10.1. The van der Waals surface area contributed by atoms with Gasteiger partial charge < -0.3 is 4.74 Å². The number of esters is 1. The molecule has 1 aromatic rings. The van der Waals surface area contributed by atoms with E-state index in [9.17, 15) is 13.6 Å². The zero-order chi connectivity index (χ0) is 22.0. The average molecular weight is 430 g/mol. The van der Waals surface area contributed by atoms with Gasteiger partial charge in [0.25, 0.3) is 0 Å². The van der Waals surface area contributed by atoms with Crippen LogP contribution in [0.4, 0.5) is 8.78 Å². The molecule has 4 rings (SSSR count). The molecular formula is C26H33F2NO2. The molecule has 3 unspecified atom stereocenters. The van der Waals surface area contributed by atoms with Crippen LogP contribution in [0.15, 0.2) is 12.1 Å². The van der Waals surface area contributed by atoms with E-state index < -0.39 is 23.2 Å². The van der Waals surface area contributed by atoms with E-state index in [4.69, 9.17) is 10.00 Å². The third-order valence-electron chi connectivity index (χ3n) is 8.29. The fourth-order valence-corrected chi connectivity index (χ4v) is 6.78. The predicted octanol–water partition coefficient (Wildman–Crippen LogP) is 6.79. The lowest BCUT2D eigenvalue weighted by molar-refractivity contribution is -0.142. The largest absolute Gasteiger partial charge is 0.426 e. The van der Waals surface area contributed by atoms with Gasteiger partial charge in [0.2, 0.25) is 0 Å². The van der Waals surface area contributed by atoms with Crippen molar-refractivity contribution in [3.8, 4) is 11.8 Å². The van der Waals surface area contributed by atoms with Gasteiger partial charge in [-0.1, -0.05) is 32.6 Å². The van der Waals surface area contributed by atoms with Gasteiger partial charge in [-0.3, -0.25) is 4.79 Å². The van der Waals surface area contributed by atoms with Gasteiger partial charge in [0.15, 0.2) is 0 Å². The summed E-state index contributed by atoms with van der Waals surface area (Å²) in [5.74, 6) is 1.12. The number of ether oxygens (including phenoxy) is 1. The monoisotopic (exact) mass is 429 g/mol. The normalized spacial score (nSPS) is 32.5. The molecule has 0 heterocycles. The maximum absolute atomic E-state index is 13.8. The Morgan fingerprint density at radius 2 is 1.68 bits per heavy atom. The SMILES string of the molecule is CCCCC1CCC2C(CC[C@@H]3C[C@H](C(=O)Oc4cc(F)c(C#N)c(F)c4)CC[C@H]23)C1. The third kappa shape index (κ3) is 4.78. The fourth-order valence-electron chi connectivity index (χ4n) is 6.78. The number of halogens is 2. The molecule has 31 heavy (non-hydrogen) atoms. The summed E-state index contributed by atoms with van der Waals surface area (Å²) < 4.78 is 33.0. The molecule has 0 radical (unpaired) electrons. The molecule has 3 saturated carbocycles. The summed E-state index contributed by atoms with van der Waals surface area (Å²) in [7, 11) is 0. The molecule has 3 nitrogen and oxygen atoms in total. The number of benzene rings is 1. The molecule has 3 fully saturated rings. The zero-order valence-corrected chi connectivity index (χ0v) is 18.4. The second kappa shape index (κ2) is 9.67. The van der Waals surface area contributed by atoms with E-state index in [2.05, 4.69) is 6.92 Å². The van der Waals surface area contributed by atoms with Crippen LogP contribution in [0.25, 0.3) is 0 Å². The van der Waals surface area contributed by atoms with Crippen LogP contribution >= 0.6 is 0 Å². The minimum atomic E-state index is -0.998. The Balaban J connectivity index is 1.34. The van der Waals surface area contributed by atoms with Crippen molar-refractivity contribution in [1.82, 2.24) is 0 Å². The first-order chi connectivity index (χ1) is 15.0. The number of carbonyl (C=O) groups is 1. The van der Waals surface area contributed by atoms with Crippen molar-refractivity contribution in [3.63, 3.8) is 0 Å². The maximum atomic E-state index is 13.8. The van der Waals surface area contributed by atoms with Crippen molar-refractivity contribution in [2.24, 2.45) is 35.5 Å². The maximum Gasteiger partial charge on any atom is 0.314 e. The van der Waals surface area contributed by atoms with E-state index in [0.717, 1.165) is 55.1 Å². The third-order valence-corrected chi connectivity index (χ3v) is 8.29. The molecular weight excluding hydrogens is 396 g/mol. The summed E-state index contributed by atoms with van der Waals surface area (Å²) >= 11 is 0. The minimum absolute atomic E-state index is 0.157. The highest BCUT2D eigenvalue weighted by molar-refractivity contribution is 5.75. The van der Waals surface area contributed by atoms with E-state index in [1.807, 2.05) is 0 Å². The molecule has 5 heteroatoms. The summed E-state index contributed by atoms with van der Waals surface area (Å²) in [4.78, 5) is 12.7. The first-order valence-corrected chi connectivity index (χ1v) is 12.1. The topological polar surface area (TPSA) is 50.1 Å². The van der Waals surface area contributed by atoms with Gasteiger partial charge in [0, 0.05) is 12.1 Å². The van der Waals surface area contributed by atoms with Gasteiger partial charge in [0.1, 0.15) is 29.0 Å². The van der Waals surface area contributed by atoms with Gasteiger partial charge in [-0.05, 0) is 74.5 Å². The number of hydrogen-bond acceptors (Lipinski definition) is 3. The Bertz CT molecular complexity index is 825. The minimum Gasteiger partial charge on any atom is -0.426 e. The van der Waals surface area contributed by atoms with Crippen molar-refractivity contribution < 1.29 is 18.3 Å². The van der Waals surface area contributed by atoms with Crippen LogP contribution in [0.1, 0.15) is 83.1 Å². The molecule has 3 aliphatic carbocycles. The highest BCUT2D eigenvalue weighted by atomic mass is 19.1. The van der Waals surface area contributed by atoms with Gasteiger partial charge in [0.05, 0.1) is 5.92 Å². The Morgan fingerprint density at radius 1 is 1.03 bits per heavy atom. The Kier molecular flexibility index (Phi) is 6.94. The molecule has 0 spiro atoms. The number of rotatable bonds is 5. The van der Waals surface area contributed by atoms with Crippen LogP contribution in [0.3, 0.4) is 0 Å². The van der Waals surface area contributed by atoms with Gasteiger partial charge in [-0.25, -0.2) is 8.78 Å². The van der Waals surface area contributed by atoms with Crippen LogP contribution < -0.4 is 4.74 Å². The molecule has 0 saturated heterocycles. The van der Waals surface area contributed by atoms with E-state index in [0.29, 0.717) is 5.92 Å². The number of fused-ring (bicyclic) bond motifs is 3. The highest BCUT2D eigenvalue weighted by Gasteiger charge is 2.45. The summed E-state index contributed by atoms with van der Waals surface area (Å²) in [6.07, 6.45) is 13.3. The van der Waals surface area contributed by atoms with Crippen molar-refractivity contribution in [2.75, 3.05) is 0 Å². The van der Waals surface area contributed by atoms with E-state index in [1.165, 1.54) is 57.4 Å². The molecule has 6 atom stereocenters. The zero-order valence-electron chi connectivity index (χ0n) is 18.4. The van der Waals surface area contributed by atoms with Gasteiger partial charge in [-0.2, -0.15) is 5.26 Å². The number of unbranched alkanes of at least 4 members (excludes halogenated alkanes) is 1. The average Bonchev–Trinajstić information content (AvgIpc) is 2.76. The lowest BCUT2D eigenvalue weighted by Crippen LogP contribution is -2.42. The van der Waals surface area contributed by atoms with Crippen LogP contribution in [0, 0.1) is 58.5 Å². The number of nitriles is 1. The second-order valence-corrected chi connectivity index (χ2v) is 10.1. The van der Waals surface area contributed by atoms with Crippen LogP contribution in [0.2, 0.25) is 0 Å². The summed E-state index contributed by atoms with van der Waals surface area (Å²) in [6.45, 7) is 2.27. The van der Waals surface area contributed by atoms with Crippen LogP contribution in [-0.2, 0) is 4.79 Å². The quantitative estimate of drug-likeness (QED) is 0.382. The lowest BCUT2D eigenvalue weighted by atomic mass is 9.55. The van der Waals surface area contributed by atoms with Crippen molar-refractivity contribution in [3.05, 3.63) is 29.3 Å². The van der Waals surface area contributed by atoms with Crippen LogP contribution in [0.5, 0.6) is 5.75 Å². The Morgan fingerprint density at radius 3 is 2.32 bits per heavy atom. The van der Waals surface area contributed by atoms with Gasteiger partial charge in [-0.15, -0.1) is 0 Å². The molecule has 0 bridgehead atoms. The molecule has 0 amide bonds.